The van der Waals surface area contributed by atoms with E-state index in [0.29, 0.717) is 5.56 Å². The minimum Gasteiger partial charge on any atom is -0.329 e. The molecule has 0 bridgehead atoms. The van der Waals surface area contributed by atoms with Crippen LogP contribution >= 0.6 is 0 Å². The third-order valence-electron chi connectivity index (χ3n) is 2.33. The second kappa shape index (κ2) is 4.14. The molecule has 5 heteroatoms. The molecule has 1 aliphatic rings. The van der Waals surface area contributed by atoms with E-state index in [0.717, 1.165) is 4.90 Å². The average Bonchev–Trinajstić information content (AvgIpc) is 2.62. The van der Waals surface area contributed by atoms with E-state index in [1.807, 2.05) is 0 Å². The third kappa shape index (κ3) is 1.93. The van der Waals surface area contributed by atoms with E-state index in [4.69, 9.17) is 0 Å². The van der Waals surface area contributed by atoms with Crippen molar-refractivity contribution in [1.29, 1.82) is 0 Å². The quantitative estimate of drug-likeness (QED) is 0.590. The Morgan fingerprint density at radius 1 is 1.25 bits per heavy atom. The predicted octanol–water partition coefficient (Wildman–Crippen LogP) is 0.421. The Labute approximate surface area is 92.0 Å². The Hall–Kier alpha value is -2.17. The van der Waals surface area contributed by atoms with Gasteiger partial charge in [-0.05, 0) is 0 Å². The van der Waals surface area contributed by atoms with Gasteiger partial charge in [-0.2, -0.15) is 0 Å². The van der Waals surface area contributed by atoms with Crippen molar-refractivity contribution in [2.24, 2.45) is 0 Å². The Morgan fingerprint density at radius 2 is 1.94 bits per heavy atom. The van der Waals surface area contributed by atoms with Crippen LogP contribution in [0.15, 0.2) is 30.3 Å². The van der Waals surface area contributed by atoms with Crippen molar-refractivity contribution in [3.8, 4) is 0 Å². The average molecular weight is 218 g/mol. The molecule has 0 radical (unpaired) electrons. The second-order valence-corrected chi connectivity index (χ2v) is 3.43. The number of benzene rings is 1. The van der Waals surface area contributed by atoms with Gasteiger partial charge in [0.15, 0.2) is 5.78 Å². The van der Waals surface area contributed by atoms with Crippen molar-refractivity contribution >= 4 is 17.7 Å². The molecule has 1 aromatic carbocycles. The lowest BCUT2D eigenvalue weighted by Gasteiger charge is -2.10. The maximum Gasteiger partial charge on any atom is 0.325 e. The number of rotatable bonds is 3. The molecule has 5 nitrogen and oxygen atoms in total. The molecule has 1 fully saturated rings. The van der Waals surface area contributed by atoms with Crippen LogP contribution in [0.2, 0.25) is 0 Å². The SMILES string of the molecule is O=C(CN1C(=O)CNC1=O)c1ccccc1. The highest BCUT2D eigenvalue weighted by molar-refractivity contribution is 6.07. The molecular weight excluding hydrogens is 208 g/mol. The fraction of sp³-hybridized carbons (Fsp3) is 0.182. The summed E-state index contributed by atoms with van der Waals surface area (Å²) in [4.78, 5) is 35.1. The molecule has 16 heavy (non-hydrogen) atoms. The molecule has 1 aromatic rings. The zero-order valence-electron chi connectivity index (χ0n) is 8.47. The number of hydrogen-bond donors (Lipinski definition) is 1. The molecule has 0 unspecified atom stereocenters. The van der Waals surface area contributed by atoms with Crippen molar-refractivity contribution in [3.63, 3.8) is 0 Å². The third-order valence-corrected chi connectivity index (χ3v) is 2.33. The minimum atomic E-state index is -0.505. The monoisotopic (exact) mass is 218 g/mol. The zero-order valence-corrected chi connectivity index (χ0v) is 8.47. The van der Waals surface area contributed by atoms with Crippen LogP contribution in [0.25, 0.3) is 0 Å². The Morgan fingerprint density at radius 3 is 2.50 bits per heavy atom. The first-order valence-electron chi connectivity index (χ1n) is 4.85. The molecule has 1 heterocycles. The first-order chi connectivity index (χ1) is 7.68. The highest BCUT2D eigenvalue weighted by Gasteiger charge is 2.30. The van der Waals surface area contributed by atoms with Gasteiger partial charge in [0.2, 0.25) is 5.91 Å². The summed E-state index contributed by atoms with van der Waals surface area (Å²) in [5, 5.41) is 2.36. The summed E-state index contributed by atoms with van der Waals surface area (Å²) >= 11 is 0. The highest BCUT2D eigenvalue weighted by atomic mass is 16.2. The van der Waals surface area contributed by atoms with Gasteiger partial charge in [-0.25, -0.2) is 4.79 Å². The summed E-state index contributed by atoms with van der Waals surface area (Å²) < 4.78 is 0. The van der Waals surface area contributed by atoms with Gasteiger partial charge in [-0.15, -0.1) is 0 Å². The van der Waals surface area contributed by atoms with Gasteiger partial charge in [0.05, 0.1) is 13.1 Å². The van der Waals surface area contributed by atoms with Gasteiger partial charge in [0.1, 0.15) is 0 Å². The number of ketones is 1. The van der Waals surface area contributed by atoms with Crippen LogP contribution in [0.4, 0.5) is 4.79 Å². The largest absolute Gasteiger partial charge is 0.329 e. The van der Waals surface area contributed by atoms with Crippen LogP contribution in [-0.4, -0.2) is 35.7 Å². The number of hydrogen-bond acceptors (Lipinski definition) is 3. The standard InChI is InChI=1S/C11H10N2O3/c14-9(8-4-2-1-3-5-8)7-13-10(15)6-12-11(13)16/h1-5H,6-7H2,(H,12,16). The van der Waals surface area contributed by atoms with Crippen molar-refractivity contribution < 1.29 is 14.4 Å². The molecular formula is C11H10N2O3. The van der Waals surface area contributed by atoms with Crippen molar-refractivity contribution in [2.45, 2.75) is 0 Å². The van der Waals surface area contributed by atoms with E-state index in [2.05, 4.69) is 5.32 Å². The van der Waals surface area contributed by atoms with Crippen molar-refractivity contribution in [2.75, 3.05) is 13.1 Å². The van der Waals surface area contributed by atoms with E-state index in [-0.39, 0.29) is 24.8 Å². The number of Topliss-reactive ketones (excluding diaryl/α,β-unsaturated/α-hetero) is 1. The van der Waals surface area contributed by atoms with E-state index < -0.39 is 6.03 Å². The van der Waals surface area contributed by atoms with Gasteiger partial charge in [0, 0.05) is 5.56 Å². The zero-order chi connectivity index (χ0) is 11.5. The lowest BCUT2D eigenvalue weighted by molar-refractivity contribution is -0.124. The lowest BCUT2D eigenvalue weighted by Crippen LogP contribution is -2.35. The van der Waals surface area contributed by atoms with E-state index in [1.54, 1.807) is 30.3 Å². The molecule has 1 saturated heterocycles. The van der Waals surface area contributed by atoms with Crippen LogP contribution in [0.3, 0.4) is 0 Å². The number of amides is 3. The van der Waals surface area contributed by atoms with Gasteiger partial charge < -0.3 is 5.32 Å². The van der Waals surface area contributed by atoms with Gasteiger partial charge >= 0.3 is 6.03 Å². The summed E-state index contributed by atoms with van der Waals surface area (Å²) in [5.74, 6) is -0.611. The fourth-order valence-electron chi connectivity index (χ4n) is 1.47. The molecule has 82 valence electrons. The number of carbonyl (C=O) groups is 3. The topological polar surface area (TPSA) is 66.5 Å². The van der Waals surface area contributed by atoms with E-state index in [1.165, 1.54) is 0 Å². The summed E-state index contributed by atoms with van der Waals surface area (Å²) in [6.07, 6.45) is 0. The molecule has 1 aliphatic heterocycles. The maximum atomic E-state index is 11.7. The molecule has 0 atom stereocenters. The molecule has 1 N–H and O–H groups in total. The van der Waals surface area contributed by atoms with Crippen molar-refractivity contribution in [3.05, 3.63) is 35.9 Å². The fourth-order valence-corrected chi connectivity index (χ4v) is 1.47. The molecule has 0 aromatic heterocycles. The van der Waals surface area contributed by atoms with Crippen LogP contribution in [0.5, 0.6) is 0 Å². The number of urea groups is 1. The molecule has 2 rings (SSSR count). The number of imide groups is 1. The summed E-state index contributed by atoms with van der Waals surface area (Å²) in [7, 11) is 0. The molecule has 0 saturated carbocycles. The highest BCUT2D eigenvalue weighted by Crippen LogP contribution is 2.04. The number of nitrogens with one attached hydrogen (secondary N) is 1. The molecule has 0 aliphatic carbocycles. The first kappa shape index (κ1) is 10.4. The Bertz CT molecular complexity index is 426. The van der Waals surface area contributed by atoms with Gasteiger partial charge in [-0.1, -0.05) is 30.3 Å². The Kier molecular flexibility index (Phi) is 2.68. The Balaban J connectivity index is 2.08. The smallest absolute Gasteiger partial charge is 0.325 e. The lowest BCUT2D eigenvalue weighted by atomic mass is 10.1. The molecule has 0 spiro atoms. The summed E-state index contributed by atoms with van der Waals surface area (Å²) in [5.41, 5.74) is 0.495. The summed E-state index contributed by atoms with van der Waals surface area (Å²) in [6, 6.07) is 8.07. The molecule has 3 amide bonds. The number of carbonyl (C=O) groups excluding carboxylic acids is 3. The first-order valence-corrected chi connectivity index (χ1v) is 4.85. The van der Waals surface area contributed by atoms with Gasteiger partial charge in [-0.3, -0.25) is 14.5 Å². The predicted molar refractivity (Wildman–Crippen MR) is 55.9 cm³/mol. The number of nitrogens with zero attached hydrogens (tertiary/aromatic N) is 1. The summed E-state index contributed by atoms with van der Waals surface area (Å²) in [6.45, 7) is -0.227. The normalized spacial score (nSPS) is 15.1. The van der Waals surface area contributed by atoms with E-state index in [9.17, 15) is 14.4 Å². The van der Waals surface area contributed by atoms with E-state index >= 15 is 0 Å². The van der Waals surface area contributed by atoms with Crippen LogP contribution in [0, 0.1) is 0 Å². The second-order valence-electron chi connectivity index (χ2n) is 3.43. The van der Waals surface area contributed by atoms with Crippen LogP contribution in [-0.2, 0) is 4.79 Å². The van der Waals surface area contributed by atoms with Crippen LogP contribution in [0.1, 0.15) is 10.4 Å². The maximum absolute atomic E-state index is 11.7. The van der Waals surface area contributed by atoms with Crippen LogP contribution < -0.4 is 5.32 Å². The minimum absolute atomic E-state index is 0.0269. The van der Waals surface area contributed by atoms with Crippen molar-refractivity contribution in [1.82, 2.24) is 10.2 Å². The van der Waals surface area contributed by atoms with Gasteiger partial charge in [0.25, 0.3) is 0 Å².